The Hall–Kier alpha value is -1.80. The molecular weight excluding hydrogens is 344 g/mol. The summed E-state index contributed by atoms with van der Waals surface area (Å²) in [6, 6.07) is 4.77. The molecular formula is C17H24N2O5S. The summed E-state index contributed by atoms with van der Waals surface area (Å²) >= 11 is 0. The Morgan fingerprint density at radius 3 is 2.60 bits per heavy atom. The average molecular weight is 368 g/mol. The molecule has 0 atom stereocenters. The number of amides is 1. The summed E-state index contributed by atoms with van der Waals surface area (Å²) in [5.41, 5.74) is 0. The number of ether oxygens (including phenoxy) is 2. The zero-order valence-corrected chi connectivity index (χ0v) is 15.2. The average Bonchev–Trinajstić information content (AvgIpc) is 2.66. The van der Waals surface area contributed by atoms with E-state index >= 15 is 0 Å². The number of carbonyl (C=O) groups excluding carboxylic acids is 1. The number of sulfone groups is 1. The van der Waals surface area contributed by atoms with Gasteiger partial charge in [-0.25, -0.2) is 8.42 Å². The van der Waals surface area contributed by atoms with Crippen LogP contribution in [0.2, 0.25) is 0 Å². The molecule has 3 rings (SSSR count). The van der Waals surface area contributed by atoms with Crippen LogP contribution in [0, 0.1) is 0 Å². The number of rotatable bonds is 5. The van der Waals surface area contributed by atoms with Gasteiger partial charge in [0.25, 0.3) is 0 Å². The lowest BCUT2D eigenvalue weighted by Gasteiger charge is -2.31. The summed E-state index contributed by atoms with van der Waals surface area (Å²) in [4.78, 5) is 14.2. The molecule has 138 valence electrons. The Labute approximate surface area is 148 Å². The van der Waals surface area contributed by atoms with Crippen LogP contribution in [-0.2, 0) is 14.6 Å². The fourth-order valence-electron chi connectivity index (χ4n) is 3.13. The van der Waals surface area contributed by atoms with Crippen molar-refractivity contribution in [1.29, 1.82) is 0 Å². The molecule has 1 aromatic carbocycles. The Morgan fingerprint density at radius 1 is 1.20 bits per heavy atom. The molecule has 0 radical (unpaired) electrons. The van der Waals surface area contributed by atoms with Crippen LogP contribution >= 0.6 is 0 Å². The van der Waals surface area contributed by atoms with Gasteiger partial charge < -0.3 is 19.7 Å². The van der Waals surface area contributed by atoms with Gasteiger partial charge in [-0.1, -0.05) is 0 Å². The molecule has 0 spiro atoms. The number of hydrogen-bond donors (Lipinski definition) is 1. The second-order valence-electron chi connectivity index (χ2n) is 6.36. The molecule has 2 aliphatic heterocycles. The number of carbonyl (C=O) groups is 1. The molecule has 1 fully saturated rings. The summed E-state index contributed by atoms with van der Waals surface area (Å²) in [6.45, 7) is 2.63. The minimum Gasteiger partial charge on any atom is -0.486 e. The Kier molecular flexibility index (Phi) is 5.48. The van der Waals surface area contributed by atoms with Gasteiger partial charge in [0.15, 0.2) is 21.3 Å². The summed E-state index contributed by atoms with van der Waals surface area (Å²) in [6.07, 6.45) is 1.78. The highest BCUT2D eigenvalue weighted by molar-refractivity contribution is 7.91. The lowest BCUT2D eigenvalue weighted by atomic mass is 10.1. The van der Waals surface area contributed by atoms with Gasteiger partial charge in [-0.05, 0) is 38.1 Å². The Bertz CT molecular complexity index is 729. The van der Waals surface area contributed by atoms with Crippen molar-refractivity contribution in [3.63, 3.8) is 0 Å². The van der Waals surface area contributed by atoms with E-state index in [4.69, 9.17) is 9.47 Å². The first-order chi connectivity index (χ1) is 12.0. The molecule has 1 N–H and O–H groups in total. The molecule has 1 amide bonds. The number of fused-ring (bicyclic) bond motifs is 1. The molecule has 1 aromatic rings. The summed E-state index contributed by atoms with van der Waals surface area (Å²) in [7, 11) is -1.79. The molecule has 8 heteroatoms. The third-order valence-electron chi connectivity index (χ3n) is 4.71. The summed E-state index contributed by atoms with van der Waals surface area (Å²) in [5, 5.41) is 3.26. The highest BCUT2D eigenvalue weighted by Gasteiger charge is 2.25. The molecule has 2 heterocycles. The van der Waals surface area contributed by atoms with Crippen molar-refractivity contribution < 1.29 is 22.7 Å². The highest BCUT2D eigenvalue weighted by Crippen LogP contribution is 2.32. The number of piperidine rings is 1. The standard InChI is InChI=1S/C17H24N2O5S/c1-19(13-4-7-18-8-5-13)17(20)6-11-25(21,22)14-2-3-15-16(12-14)24-10-9-23-15/h2-3,12-13,18H,4-11H2,1H3. The number of nitrogens with one attached hydrogen (secondary N) is 1. The predicted molar refractivity (Wildman–Crippen MR) is 92.8 cm³/mol. The highest BCUT2D eigenvalue weighted by atomic mass is 32.2. The minimum atomic E-state index is -3.55. The van der Waals surface area contributed by atoms with Gasteiger partial charge in [-0.2, -0.15) is 0 Å². The number of hydrogen-bond acceptors (Lipinski definition) is 6. The topological polar surface area (TPSA) is 84.9 Å². The fraction of sp³-hybridized carbons (Fsp3) is 0.588. The minimum absolute atomic E-state index is 0.0167. The van der Waals surface area contributed by atoms with Crippen molar-refractivity contribution in [2.45, 2.75) is 30.2 Å². The molecule has 2 aliphatic rings. The fourth-order valence-corrected chi connectivity index (χ4v) is 4.37. The quantitative estimate of drug-likeness (QED) is 0.829. The van der Waals surface area contributed by atoms with Crippen molar-refractivity contribution in [3.8, 4) is 11.5 Å². The first-order valence-electron chi connectivity index (χ1n) is 8.56. The van der Waals surface area contributed by atoms with Crippen molar-refractivity contribution in [3.05, 3.63) is 18.2 Å². The van der Waals surface area contributed by atoms with Crippen LogP contribution in [0.4, 0.5) is 0 Å². The van der Waals surface area contributed by atoms with Gasteiger partial charge in [-0.3, -0.25) is 4.79 Å². The molecule has 0 saturated carbocycles. The van der Waals surface area contributed by atoms with E-state index in [9.17, 15) is 13.2 Å². The molecule has 7 nitrogen and oxygen atoms in total. The van der Waals surface area contributed by atoms with Crippen molar-refractivity contribution in [2.24, 2.45) is 0 Å². The molecule has 25 heavy (non-hydrogen) atoms. The van der Waals surface area contributed by atoms with Crippen LogP contribution in [-0.4, -0.2) is 64.4 Å². The van der Waals surface area contributed by atoms with Crippen LogP contribution in [0.25, 0.3) is 0 Å². The first-order valence-corrected chi connectivity index (χ1v) is 10.2. The van der Waals surface area contributed by atoms with Crippen LogP contribution < -0.4 is 14.8 Å². The lowest BCUT2D eigenvalue weighted by Crippen LogP contribution is -2.44. The van der Waals surface area contributed by atoms with E-state index < -0.39 is 9.84 Å². The second kappa shape index (κ2) is 7.61. The summed E-state index contributed by atoms with van der Waals surface area (Å²) < 4.78 is 35.9. The molecule has 1 saturated heterocycles. The van der Waals surface area contributed by atoms with E-state index in [2.05, 4.69) is 5.32 Å². The maximum Gasteiger partial charge on any atom is 0.223 e. The largest absolute Gasteiger partial charge is 0.486 e. The van der Waals surface area contributed by atoms with Crippen molar-refractivity contribution >= 4 is 15.7 Å². The first kappa shape index (κ1) is 18.0. The zero-order valence-electron chi connectivity index (χ0n) is 14.4. The van der Waals surface area contributed by atoms with Gasteiger partial charge in [0.05, 0.1) is 10.6 Å². The second-order valence-corrected chi connectivity index (χ2v) is 8.47. The van der Waals surface area contributed by atoms with E-state index in [1.165, 1.54) is 12.1 Å². The van der Waals surface area contributed by atoms with Gasteiger partial charge in [0.2, 0.25) is 5.91 Å². The summed E-state index contributed by atoms with van der Waals surface area (Å²) in [5.74, 6) is 0.645. The Morgan fingerprint density at radius 2 is 1.88 bits per heavy atom. The monoisotopic (exact) mass is 368 g/mol. The molecule has 0 aromatic heterocycles. The van der Waals surface area contributed by atoms with Crippen LogP contribution in [0.1, 0.15) is 19.3 Å². The normalized spacial score (nSPS) is 18.0. The van der Waals surface area contributed by atoms with E-state index in [0.29, 0.717) is 24.7 Å². The van der Waals surface area contributed by atoms with Crippen LogP contribution in [0.15, 0.2) is 23.1 Å². The van der Waals surface area contributed by atoms with Crippen LogP contribution in [0.3, 0.4) is 0 Å². The maximum absolute atomic E-state index is 12.5. The van der Waals surface area contributed by atoms with E-state index in [1.807, 2.05) is 0 Å². The third kappa shape index (κ3) is 4.24. The predicted octanol–water partition coefficient (Wildman–Crippen LogP) is 0.832. The zero-order chi connectivity index (χ0) is 17.9. The van der Waals surface area contributed by atoms with E-state index in [1.54, 1.807) is 18.0 Å². The van der Waals surface area contributed by atoms with Gasteiger partial charge >= 0.3 is 0 Å². The third-order valence-corrected chi connectivity index (χ3v) is 6.42. The smallest absolute Gasteiger partial charge is 0.223 e. The van der Waals surface area contributed by atoms with Gasteiger partial charge in [0, 0.05) is 25.6 Å². The number of nitrogens with zero attached hydrogens (tertiary/aromatic N) is 1. The van der Waals surface area contributed by atoms with Crippen molar-refractivity contribution in [2.75, 3.05) is 39.1 Å². The lowest BCUT2D eigenvalue weighted by molar-refractivity contribution is -0.132. The SMILES string of the molecule is CN(C(=O)CCS(=O)(=O)c1ccc2c(c1)OCCO2)C1CCNCC1. The molecule has 0 bridgehead atoms. The van der Waals surface area contributed by atoms with Crippen LogP contribution in [0.5, 0.6) is 11.5 Å². The van der Waals surface area contributed by atoms with Gasteiger partial charge in [0.1, 0.15) is 13.2 Å². The van der Waals surface area contributed by atoms with Gasteiger partial charge in [-0.15, -0.1) is 0 Å². The van der Waals surface area contributed by atoms with E-state index in [0.717, 1.165) is 25.9 Å². The van der Waals surface area contributed by atoms with E-state index in [-0.39, 0.29) is 29.0 Å². The number of benzene rings is 1. The Balaban J connectivity index is 1.62. The molecule has 0 unspecified atom stereocenters. The van der Waals surface area contributed by atoms with Crippen molar-refractivity contribution in [1.82, 2.24) is 10.2 Å². The molecule has 0 aliphatic carbocycles. The maximum atomic E-state index is 12.5.